The van der Waals surface area contributed by atoms with E-state index in [0.717, 1.165) is 16.8 Å². The minimum atomic E-state index is -0.961. The van der Waals surface area contributed by atoms with Gasteiger partial charge in [0, 0.05) is 24.6 Å². The van der Waals surface area contributed by atoms with E-state index in [1.165, 1.54) is 12.1 Å². The molecule has 0 aromatic heterocycles. The molecule has 0 radical (unpaired) electrons. The van der Waals surface area contributed by atoms with E-state index >= 15 is 0 Å². The average Bonchev–Trinajstić information content (AvgIpc) is 2.96. The molecule has 1 N–H and O–H groups in total. The number of benzene rings is 2. The summed E-state index contributed by atoms with van der Waals surface area (Å²) in [5.41, 5.74) is 3.42. The molecule has 0 saturated carbocycles. The molecule has 130 valence electrons. The molecule has 5 nitrogen and oxygen atoms in total. The van der Waals surface area contributed by atoms with Crippen LogP contribution in [0.2, 0.25) is 0 Å². The van der Waals surface area contributed by atoms with Gasteiger partial charge in [0.2, 0.25) is 5.91 Å². The lowest BCUT2D eigenvalue weighted by atomic mass is 10.1. The number of amides is 1. The summed E-state index contributed by atoms with van der Waals surface area (Å²) in [6.07, 6.45) is 0.459. The highest BCUT2D eigenvalue weighted by molar-refractivity contribution is 5.96. The summed E-state index contributed by atoms with van der Waals surface area (Å²) < 4.78 is 5.74. The van der Waals surface area contributed by atoms with Crippen LogP contribution < -0.4 is 9.64 Å². The Morgan fingerprint density at radius 2 is 1.92 bits per heavy atom. The number of nitrogens with zero attached hydrogens (tertiary/aromatic N) is 1. The maximum atomic E-state index is 12.4. The van der Waals surface area contributed by atoms with Crippen molar-refractivity contribution >= 4 is 17.6 Å². The van der Waals surface area contributed by atoms with Gasteiger partial charge in [0.15, 0.2) is 0 Å². The topological polar surface area (TPSA) is 66.8 Å². The van der Waals surface area contributed by atoms with Crippen LogP contribution >= 0.6 is 0 Å². The fourth-order valence-electron chi connectivity index (χ4n) is 3.04. The van der Waals surface area contributed by atoms with Crippen molar-refractivity contribution < 1.29 is 19.4 Å². The largest absolute Gasteiger partial charge is 0.493 e. The minimum absolute atomic E-state index is 0.114. The summed E-state index contributed by atoms with van der Waals surface area (Å²) in [5.74, 6) is -0.116. The van der Waals surface area contributed by atoms with Gasteiger partial charge in [-0.3, -0.25) is 4.79 Å². The van der Waals surface area contributed by atoms with Gasteiger partial charge in [0.05, 0.1) is 12.2 Å². The van der Waals surface area contributed by atoms with Crippen LogP contribution in [0.25, 0.3) is 0 Å². The highest BCUT2D eigenvalue weighted by Gasteiger charge is 2.31. The maximum Gasteiger partial charge on any atom is 0.335 e. The third kappa shape index (κ3) is 3.82. The van der Waals surface area contributed by atoms with Gasteiger partial charge in [0.1, 0.15) is 5.75 Å². The van der Waals surface area contributed by atoms with Crippen LogP contribution in [0.3, 0.4) is 0 Å². The van der Waals surface area contributed by atoms with Crippen molar-refractivity contribution in [3.05, 3.63) is 59.2 Å². The molecule has 1 saturated heterocycles. The Hall–Kier alpha value is -2.82. The first-order valence-corrected chi connectivity index (χ1v) is 8.28. The number of aryl methyl sites for hydroxylation is 2. The fourth-order valence-corrected chi connectivity index (χ4v) is 3.04. The van der Waals surface area contributed by atoms with Gasteiger partial charge >= 0.3 is 5.97 Å². The van der Waals surface area contributed by atoms with Crippen molar-refractivity contribution in [2.45, 2.75) is 20.3 Å². The first-order chi connectivity index (χ1) is 11.9. The van der Waals surface area contributed by atoms with Gasteiger partial charge in [-0.1, -0.05) is 12.1 Å². The van der Waals surface area contributed by atoms with E-state index < -0.39 is 5.97 Å². The number of anilines is 1. The second-order valence-electron chi connectivity index (χ2n) is 6.50. The van der Waals surface area contributed by atoms with Crippen molar-refractivity contribution in [1.82, 2.24) is 0 Å². The molecule has 0 spiro atoms. The van der Waals surface area contributed by atoms with Crippen molar-refractivity contribution in [2.24, 2.45) is 5.92 Å². The molecule has 25 heavy (non-hydrogen) atoms. The Balaban J connectivity index is 1.63. The van der Waals surface area contributed by atoms with Gasteiger partial charge in [-0.25, -0.2) is 4.79 Å². The number of rotatable bonds is 5. The molecule has 0 aliphatic carbocycles. The molecule has 1 aliphatic rings. The number of aromatic carboxylic acids is 1. The Labute approximate surface area is 146 Å². The Bertz CT molecular complexity index is 798. The van der Waals surface area contributed by atoms with Crippen molar-refractivity contribution in [2.75, 3.05) is 18.1 Å². The third-order valence-electron chi connectivity index (χ3n) is 4.45. The van der Waals surface area contributed by atoms with Gasteiger partial charge in [0.25, 0.3) is 0 Å². The fraction of sp³-hybridized carbons (Fsp3) is 0.300. The number of carbonyl (C=O) groups excluding carboxylic acids is 1. The second kappa shape index (κ2) is 6.97. The number of carboxylic acid groups (broad SMARTS) is 1. The van der Waals surface area contributed by atoms with Crippen LogP contribution in [0.4, 0.5) is 5.69 Å². The average molecular weight is 339 g/mol. The molecule has 1 heterocycles. The predicted molar refractivity (Wildman–Crippen MR) is 95.3 cm³/mol. The number of hydrogen-bond donors (Lipinski definition) is 1. The molecule has 1 fully saturated rings. The normalized spacial score (nSPS) is 17.0. The number of carboxylic acids is 1. The van der Waals surface area contributed by atoms with Crippen LogP contribution in [-0.4, -0.2) is 30.1 Å². The quantitative estimate of drug-likeness (QED) is 0.906. The lowest BCUT2D eigenvalue weighted by Crippen LogP contribution is -2.26. The molecule has 1 amide bonds. The summed E-state index contributed by atoms with van der Waals surface area (Å²) >= 11 is 0. The minimum Gasteiger partial charge on any atom is -0.493 e. The van der Waals surface area contributed by atoms with Crippen molar-refractivity contribution in [3.8, 4) is 5.75 Å². The first kappa shape index (κ1) is 17.0. The molecule has 0 bridgehead atoms. The molecule has 5 heteroatoms. The van der Waals surface area contributed by atoms with Crippen molar-refractivity contribution in [3.63, 3.8) is 0 Å². The predicted octanol–water partition coefficient (Wildman–Crippen LogP) is 3.43. The van der Waals surface area contributed by atoms with E-state index in [2.05, 4.69) is 0 Å². The number of carbonyl (C=O) groups is 2. The van der Waals surface area contributed by atoms with Gasteiger partial charge < -0.3 is 14.7 Å². The van der Waals surface area contributed by atoms with Gasteiger partial charge in [-0.2, -0.15) is 0 Å². The lowest BCUT2D eigenvalue weighted by molar-refractivity contribution is -0.117. The lowest BCUT2D eigenvalue weighted by Gasteiger charge is -2.20. The monoisotopic (exact) mass is 339 g/mol. The molecular formula is C20H21NO4. The van der Waals surface area contributed by atoms with Crippen LogP contribution in [0.1, 0.15) is 27.9 Å². The SMILES string of the molecule is Cc1ccc(C)c(N2CC(COc3ccc(C(=O)O)cc3)CC2=O)c1. The summed E-state index contributed by atoms with van der Waals surface area (Å²) in [7, 11) is 0. The van der Waals surface area contributed by atoms with E-state index in [9.17, 15) is 9.59 Å². The second-order valence-corrected chi connectivity index (χ2v) is 6.50. The van der Waals surface area contributed by atoms with E-state index in [-0.39, 0.29) is 17.4 Å². The summed E-state index contributed by atoms with van der Waals surface area (Å²) in [6.45, 7) is 5.09. The van der Waals surface area contributed by atoms with Crippen molar-refractivity contribution in [1.29, 1.82) is 0 Å². The zero-order valence-corrected chi connectivity index (χ0v) is 14.4. The van der Waals surface area contributed by atoms with Crippen LogP contribution in [0.15, 0.2) is 42.5 Å². The highest BCUT2D eigenvalue weighted by Crippen LogP contribution is 2.29. The van der Waals surface area contributed by atoms with E-state index in [4.69, 9.17) is 9.84 Å². The Kier molecular flexibility index (Phi) is 4.74. The third-order valence-corrected chi connectivity index (χ3v) is 4.45. The molecule has 1 unspecified atom stereocenters. The smallest absolute Gasteiger partial charge is 0.335 e. The summed E-state index contributed by atoms with van der Waals surface area (Å²) in [5, 5.41) is 8.90. The van der Waals surface area contributed by atoms with Gasteiger partial charge in [-0.15, -0.1) is 0 Å². The maximum absolute atomic E-state index is 12.4. The highest BCUT2D eigenvalue weighted by atomic mass is 16.5. The molecule has 1 atom stereocenters. The van der Waals surface area contributed by atoms with Crippen LogP contribution in [0, 0.1) is 19.8 Å². The molecule has 2 aromatic carbocycles. The molecule has 3 rings (SSSR count). The first-order valence-electron chi connectivity index (χ1n) is 8.28. The zero-order valence-electron chi connectivity index (χ0n) is 14.4. The van der Waals surface area contributed by atoms with E-state index in [1.807, 2.05) is 36.9 Å². The Morgan fingerprint density at radius 3 is 2.60 bits per heavy atom. The zero-order chi connectivity index (χ0) is 18.0. The molecular weight excluding hydrogens is 318 g/mol. The van der Waals surface area contributed by atoms with E-state index in [0.29, 0.717) is 25.3 Å². The van der Waals surface area contributed by atoms with Crippen LogP contribution in [-0.2, 0) is 4.79 Å². The Morgan fingerprint density at radius 1 is 1.20 bits per heavy atom. The molecule has 2 aromatic rings. The number of ether oxygens (including phenoxy) is 1. The molecule has 1 aliphatic heterocycles. The standard InChI is InChI=1S/C20H21NO4/c1-13-3-4-14(2)18(9-13)21-11-15(10-19(21)22)12-25-17-7-5-16(6-8-17)20(23)24/h3-9,15H,10-12H2,1-2H3,(H,23,24). The number of hydrogen-bond acceptors (Lipinski definition) is 3. The summed E-state index contributed by atoms with van der Waals surface area (Å²) in [4.78, 5) is 25.1. The summed E-state index contributed by atoms with van der Waals surface area (Å²) in [6, 6.07) is 12.4. The van der Waals surface area contributed by atoms with Crippen LogP contribution in [0.5, 0.6) is 5.75 Å². The van der Waals surface area contributed by atoms with Gasteiger partial charge in [-0.05, 0) is 55.3 Å². The van der Waals surface area contributed by atoms with E-state index in [1.54, 1.807) is 12.1 Å².